The normalized spacial score (nSPS) is 11.6. The molecule has 11 nitrogen and oxygen atoms in total. The lowest BCUT2D eigenvalue weighted by Crippen LogP contribution is -2.30. The number of esters is 1. The van der Waals surface area contributed by atoms with Gasteiger partial charge >= 0.3 is 5.97 Å². The van der Waals surface area contributed by atoms with Crippen molar-refractivity contribution in [2.45, 2.75) is 30.4 Å². The third kappa shape index (κ3) is 9.59. The number of carbonyl (C=O) groups is 4. The van der Waals surface area contributed by atoms with Crippen LogP contribution in [-0.4, -0.2) is 40.5 Å². The van der Waals surface area contributed by atoms with Crippen LogP contribution in [0.1, 0.15) is 46.5 Å². The van der Waals surface area contributed by atoms with Gasteiger partial charge in [0.05, 0.1) is 16.8 Å². The Bertz CT molecular complexity index is 2100. The molecule has 1 aromatic heterocycles. The fraction of sp³-hybridized carbons (Fsp3) is 0.128. The van der Waals surface area contributed by atoms with Crippen LogP contribution in [0.25, 0.3) is 17.2 Å². The maximum absolute atomic E-state index is 13.6. The van der Waals surface area contributed by atoms with Gasteiger partial charge in [0.1, 0.15) is 16.3 Å². The molecule has 0 saturated heterocycles. The molecule has 0 radical (unpaired) electrons. The van der Waals surface area contributed by atoms with Gasteiger partial charge in [-0.1, -0.05) is 61.5 Å². The van der Waals surface area contributed by atoms with Gasteiger partial charge in [0, 0.05) is 39.2 Å². The quantitative estimate of drug-likeness (QED) is 0.0338. The highest BCUT2D eigenvalue weighted by molar-refractivity contribution is 8.00. The molecule has 5 aromatic rings. The van der Waals surface area contributed by atoms with Gasteiger partial charge in [0.2, 0.25) is 5.91 Å². The fourth-order valence-corrected chi connectivity index (χ4v) is 6.99. The summed E-state index contributed by atoms with van der Waals surface area (Å²) in [5.41, 5.74) is 2.79. The second-order valence-electron chi connectivity index (χ2n) is 11.2. The first-order valence-electron chi connectivity index (χ1n) is 16.2. The molecule has 3 N–H and O–H groups in total. The van der Waals surface area contributed by atoms with Crippen molar-refractivity contribution < 1.29 is 28.8 Å². The van der Waals surface area contributed by atoms with Crippen LogP contribution in [-0.2, 0) is 14.3 Å². The number of carbonyl (C=O) groups excluding carboxylic acids is 4. The molecular weight excluding hydrogens is 701 g/mol. The Hall–Kier alpha value is -6.05. The summed E-state index contributed by atoms with van der Waals surface area (Å²) in [6.45, 7) is 3.79. The van der Waals surface area contributed by atoms with Crippen LogP contribution in [0.5, 0.6) is 0 Å². The minimum absolute atomic E-state index is 0.0881. The van der Waals surface area contributed by atoms with Crippen molar-refractivity contribution in [1.29, 1.82) is 0 Å². The first-order chi connectivity index (χ1) is 25.2. The van der Waals surface area contributed by atoms with E-state index in [0.717, 1.165) is 5.56 Å². The van der Waals surface area contributed by atoms with Gasteiger partial charge in [-0.15, -0.1) is 23.1 Å². The zero-order chi connectivity index (χ0) is 37.0. The summed E-state index contributed by atoms with van der Waals surface area (Å²) in [4.78, 5) is 64.5. The van der Waals surface area contributed by atoms with Crippen molar-refractivity contribution in [3.8, 4) is 11.1 Å². The zero-order valence-electron chi connectivity index (χ0n) is 28.2. The predicted octanol–water partition coefficient (Wildman–Crippen LogP) is 8.42. The number of ether oxygens (including phenoxy) is 1. The van der Waals surface area contributed by atoms with Gasteiger partial charge < -0.3 is 20.7 Å². The molecule has 0 saturated carbocycles. The standard InChI is InChI=1S/C39H34N4O7S2/c1-3-33(37(46)42-38-34(39(47)50-4-2)31(24-51-38)26-12-7-5-8-13-26)52-30-17-11-16-28(23-30)40-36(45)32(41-35(44)27-14-9-6-10-15-27)22-25-18-20-29(21-19-25)43(48)49/h5-24,33H,3-4H2,1-2H3,(H,40,45)(H,41,44)(H,42,46)/b32-22+. The Morgan fingerprint density at radius 3 is 2.23 bits per heavy atom. The van der Waals surface area contributed by atoms with Gasteiger partial charge in [0.25, 0.3) is 17.5 Å². The minimum Gasteiger partial charge on any atom is -0.462 e. The Morgan fingerprint density at radius 1 is 0.885 bits per heavy atom. The molecule has 0 fully saturated rings. The van der Waals surface area contributed by atoms with E-state index in [9.17, 15) is 29.3 Å². The van der Waals surface area contributed by atoms with Gasteiger partial charge in [-0.25, -0.2) is 4.79 Å². The molecule has 0 bridgehead atoms. The molecule has 264 valence electrons. The van der Waals surface area contributed by atoms with Gasteiger partial charge in [-0.05, 0) is 73.0 Å². The molecule has 3 amide bonds. The summed E-state index contributed by atoms with van der Waals surface area (Å²) in [5, 5.41) is 21.2. The summed E-state index contributed by atoms with van der Waals surface area (Å²) < 4.78 is 5.33. The number of nitrogens with zero attached hydrogens (tertiary/aromatic N) is 1. The van der Waals surface area contributed by atoms with Crippen LogP contribution in [0, 0.1) is 10.1 Å². The van der Waals surface area contributed by atoms with Crippen molar-refractivity contribution in [2.75, 3.05) is 17.2 Å². The maximum Gasteiger partial charge on any atom is 0.341 e. The molecule has 0 aliphatic rings. The number of nitro benzene ring substituents is 1. The van der Waals surface area contributed by atoms with Gasteiger partial charge in [0.15, 0.2) is 0 Å². The number of non-ortho nitro benzene ring substituents is 1. The lowest BCUT2D eigenvalue weighted by Gasteiger charge is -2.16. The summed E-state index contributed by atoms with van der Waals surface area (Å²) in [6, 6.07) is 30.3. The Kier molecular flexibility index (Phi) is 12.7. The Balaban J connectivity index is 1.33. The first kappa shape index (κ1) is 37.2. The third-order valence-corrected chi connectivity index (χ3v) is 9.82. The van der Waals surface area contributed by atoms with E-state index >= 15 is 0 Å². The highest BCUT2D eigenvalue weighted by atomic mass is 32.2. The number of nitrogens with one attached hydrogen (secondary N) is 3. The van der Waals surface area contributed by atoms with Gasteiger partial charge in [-0.2, -0.15) is 0 Å². The van der Waals surface area contributed by atoms with E-state index in [1.807, 2.05) is 48.7 Å². The third-order valence-electron chi connectivity index (χ3n) is 7.57. The average molecular weight is 735 g/mol. The molecule has 52 heavy (non-hydrogen) atoms. The van der Waals surface area contributed by atoms with Crippen LogP contribution in [0.3, 0.4) is 0 Å². The minimum atomic E-state index is -0.632. The molecular formula is C39H34N4O7S2. The second-order valence-corrected chi connectivity index (χ2v) is 13.3. The van der Waals surface area contributed by atoms with Crippen molar-refractivity contribution in [2.24, 2.45) is 0 Å². The van der Waals surface area contributed by atoms with Crippen molar-refractivity contribution in [3.63, 3.8) is 0 Å². The van der Waals surface area contributed by atoms with Crippen molar-refractivity contribution in [1.82, 2.24) is 5.32 Å². The Labute approximate surface area is 308 Å². The monoisotopic (exact) mass is 734 g/mol. The molecule has 0 spiro atoms. The molecule has 0 aliphatic carbocycles. The molecule has 13 heteroatoms. The number of hydrogen-bond acceptors (Lipinski definition) is 9. The van der Waals surface area contributed by atoms with E-state index in [4.69, 9.17) is 4.74 Å². The summed E-state index contributed by atoms with van der Waals surface area (Å²) in [7, 11) is 0. The largest absolute Gasteiger partial charge is 0.462 e. The topological polar surface area (TPSA) is 157 Å². The lowest BCUT2D eigenvalue weighted by atomic mass is 10.0. The number of amides is 3. The average Bonchev–Trinajstić information content (AvgIpc) is 3.58. The van der Waals surface area contributed by atoms with Crippen molar-refractivity contribution >= 4 is 69.2 Å². The van der Waals surface area contributed by atoms with Crippen LogP contribution in [0.2, 0.25) is 0 Å². The number of benzene rings is 4. The highest BCUT2D eigenvalue weighted by Crippen LogP contribution is 2.37. The SMILES string of the molecule is CCOC(=O)c1c(-c2ccccc2)csc1NC(=O)C(CC)Sc1cccc(NC(=O)/C(=C\c2ccc([N+](=O)[O-])cc2)NC(=O)c2ccccc2)c1. The molecule has 4 aromatic carbocycles. The van der Waals surface area contributed by atoms with Crippen LogP contribution in [0.4, 0.5) is 16.4 Å². The number of thiophene rings is 1. The van der Waals surface area contributed by atoms with E-state index in [2.05, 4.69) is 16.0 Å². The first-order valence-corrected chi connectivity index (χ1v) is 18.0. The molecule has 1 heterocycles. The summed E-state index contributed by atoms with van der Waals surface area (Å²) in [5.74, 6) is -1.97. The lowest BCUT2D eigenvalue weighted by molar-refractivity contribution is -0.384. The number of hydrogen-bond donors (Lipinski definition) is 3. The molecule has 5 rings (SSSR count). The number of nitro groups is 1. The van der Waals surface area contributed by atoms with Crippen LogP contribution >= 0.6 is 23.1 Å². The predicted molar refractivity (Wildman–Crippen MR) is 204 cm³/mol. The molecule has 1 unspecified atom stereocenters. The Morgan fingerprint density at radius 2 is 1.58 bits per heavy atom. The molecule has 1 atom stereocenters. The van der Waals surface area contributed by atoms with E-state index in [0.29, 0.717) is 44.3 Å². The number of rotatable bonds is 14. The van der Waals surface area contributed by atoms with Crippen LogP contribution < -0.4 is 16.0 Å². The van der Waals surface area contributed by atoms with E-state index < -0.39 is 28.0 Å². The van der Waals surface area contributed by atoms with E-state index in [1.54, 1.807) is 55.5 Å². The van der Waals surface area contributed by atoms with E-state index in [-0.39, 0.29) is 23.9 Å². The second kappa shape index (κ2) is 17.7. The maximum atomic E-state index is 13.6. The molecule has 0 aliphatic heterocycles. The fourth-order valence-electron chi connectivity index (χ4n) is 5.01. The summed E-state index contributed by atoms with van der Waals surface area (Å²) in [6.07, 6.45) is 1.89. The zero-order valence-corrected chi connectivity index (χ0v) is 29.8. The highest BCUT2D eigenvalue weighted by Gasteiger charge is 2.26. The smallest absolute Gasteiger partial charge is 0.341 e. The van der Waals surface area contributed by atoms with Gasteiger partial charge in [-0.3, -0.25) is 24.5 Å². The number of anilines is 2. The van der Waals surface area contributed by atoms with E-state index in [1.165, 1.54) is 53.4 Å². The van der Waals surface area contributed by atoms with Crippen molar-refractivity contribution in [3.05, 3.63) is 147 Å². The summed E-state index contributed by atoms with van der Waals surface area (Å²) >= 11 is 2.54. The number of thioether (sulfide) groups is 1. The van der Waals surface area contributed by atoms with Crippen LogP contribution in [0.15, 0.2) is 125 Å².